The van der Waals surface area contributed by atoms with Crippen LogP contribution in [0.25, 0.3) is 0 Å². The maximum Gasteiger partial charge on any atom is 0.128 e. The van der Waals surface area contributed by atoms with E-state index in [9.17, 15) is 0 Å². The van der Waals surface area contributed by atoms with Crippen LogP contribution in [0.4, 0.5) is 0 Å². The smallest absolute Gasteiger partial charge is 0.128 e. The van der Waals surface area contributed by atoms with E-state index in [0.717, 1.165) is 37.1 Å². The lowest BCUT2D eigenvalue weighted by molar-refractivity contribution is 0.883. The molecule has 0 heterocycles. The summed E-state index contributed by atoms with van der Waals surface area (Å²) in [4.78, 5) is 0. The van der Waals surface area contributed by atoms with Crippen LogP contribution < -0.4 is 22.5 Å². The molecule has 1 rings (SSSR count). The second kappa shape index (κ2) is 7.21. The third-order valence-corrected chi connectivity index (χ3v) is 2.11. The fourth-order valence-electron chi connectivity index (χ4n) is 1.36. The lowest BCUT2D eigenvalue weighted by Crippen LogP contribution is -2.19. The number of nitrogens with zero attached hydrogens (tertiary/aromatic N) is 4. The zero-order chi connectivity index (χ0) is 11.6. The van der Waals surface area contributed by atoms with Crippen molar-refractivity contribution in [3.8, 4) is 0 Å². The Morgan fingerprint density at radius 2 is 1.19 bits per heavy atom. The van der Waals surface area contributed by atoms with Gasteiger partial charge in [-0.1, -0.05) is 0 Å². The molecule has 0 amide bonds. The Hall–Kier alpha value is -2.12. The molecule has 8 nitrogen and oxygen atoms in total. The minimum Gasteiger partial charge on any atom is -0.322 e. The first-order valence-electron chi connectivity index (χ1n) is 4.92. The van der Waals surface area contributed by atoms with E-state index in [2.05, 4.69) is 31.3 Å². The van der Waals surface area contributed by atoms with Crippen molar-refractivity contribution in [2.24, 2.45) is 32.1 Å². The second-order valence-corrected chi connectivity index (χ2v) is 3.17. The molecule has 8 heteroatoms. The van der Waals surface area contributed by atoms with Crippen molar-refractivity contribution < 1.29 is 0 Å². The fourth-order valence-corrected chi connectivity index (χ4v) is 1.36. The van der Waals surface area contributed by atoms with E-state index in [-0.39, 0.29) is 0 Å². The molecule has 16 heavy (non-hydrogen) atoms. The van der Waals surface area contributed by atoms with Crippen molar-refractivity contribution >= 4 is 24.1 Å². The van der Waals surface area contributed by atoms with Gasteiger partial charge in [-0.2, -0.15) is 20.4 Å². The van der Waals surface area contributed by atoms with E-state index in [1.807, 2.05) is 0 Å². The Balaban J connectivity index is 2.33. The van der Waals surface area contributed by atoms with Crippen LogP contribution in [0.5, 0.6) is 0 Å². The predicted octanol–water partition coefficient (Wildman–Crippen LogP) is -0.744. The highest BCUT2D eigenvalue weighted by atomic mass is 15.3. The zero-order valence-corrected chi connectivity index (χ0v) is 8.93. The standard InChI is InChI=1S/C8H16N8/c9-11-5-13-15-7-1-2-8(4-3-7)16-14-6-12-10/h5-6H,1-4,9-10H2,(H,11,13)(H,12,14). The summed E-state index contributed by atoms with van der Waals surface area (Å²) in [5, 5.41) is 14.8. The van der Waals surface area contributed by atoms with Crippen LogP contribution in [0.2, 0.25) is 0 Å². The summed E-state index contributed by atoms with van der Waals surface area (Å²) in [7, 11) is 0. The predicted molar refractivity (Wildman–Crippen MR) is 65.0 cm³/mol. The minimum absolute atomic E-state index is 0.881. The molecule has 1 aliphatic rings. The van der Waals surface area contributed by atoms with Gasteiger partial charge in [0.05, 0.1) is 0 Å². The van der Waals surface area contributed by atoms with E-state index in [4.69, 9.17) is 11.7 Å². The average Bonchev–Trinajstić information content (AvgIpc) is 2.32. The van der Waals surface area contributed by atoms with Crippen LogP contribution >= 0.6 is 0 Å². The molecule has 1 aliphatic carbocycles. The van der Waals surface area contributed by atoms with Crippen molar-refractivity contribution in [2.45, 2.75) is 25.7 Å². The summed E-state index contributed by atoms with van der Waals surface area (Å²) in [6.07, 6.45) is 6.21. The first kappa shape index (κ1) is 12.0. The molecule has 1 saturated carbocycles. The highest BCUT2D eigenvalue weighted by Crippen LogP contribution is 2.12. The van der Waals surface area contributed by atoms with Crippen molar-refractivity contribution in [1.29, 1.82) is 0 Å². The molecule has 0 aromatic heterocycles. The molecule has 0 bridgehead atoms. The van der Waals surface area contributed by atoms with Crippen molar-refractivity contribution in [3.05, 3.63) is 0 Å². The molecular formula is C8H16N8. The van der Waals surface area contributed by atoms with Crippen molar-refractivity contribution in [1.82, 2.24) is 10.9 Å². The molecule has 6 N–H and O–H groups in total. The second-order valence-electron chi connectivity index (χ2n) is 3.17. The van der Waals surface area contributed by atoms with E-state index < -0.39 is 0 Å². The Bertz CT molecular complexity index is 272. The Morgan fingerprint density at radius 1 is 0.812 bits per heavy atom. The van der Waals surface area contributed by atoms with Gasteiger partial charge in [-0.05, 0) is 25.7 Å². The number of hydrogen-bond donors (Lipinski definition) is 4. The van der Waals surface area contributed by atoms with E-state index in [1.165, 1.54) is 12.7 Å². The van der Waals surface area contributed by atoms with Gasteiger partial charge in [0.15, 0.2) is 0 Å². The topological polar surface area (TPSA) is 126 Å². The van der Waals surface area contributed by atoms with Crippen LogP contribution in [-0.4, -0.2) is 24.1 Å². The van der Waals surface area contributed by atoms with Crippen molar-refractivity contribution in [3.63, 3.8) is 0 Å². The number of rotatable bonds is 4. The third-order valence-electron chi connectivity index (χ3n) is 2.11. The highest BCUT2D eigenvalue weighted by molar-refractivity contribution is 5.98. The normalized spacial score (nSPS) is 16.8. The number of nitrogens with one attached hydrogen (secondary N) is 2. The number of nitrogens with two attached hydrogens (primary N) is 2. The molecule has 0 aliphatic heterocycles. The number of hydrogen-bond acceptors (Lipinski definition) is 6. The monoisotopic (exact) mass is 224 g/mol. The zero-order valence-electron chi connectivity index (χ0n) is 8.93. The quantitative estimate of drug-likeness (QED) is 0.217. The van der Waals surface area contributed by atoms with Gasteiger partial charge in [-0.25, -0.2) is 0 Å². The van der Waals surface area contributed by atoms with Crippen molar-refractivity contribution in [2.75, 3.05) is 0 Å². The Labute approximate surface area is 93.5 Å². The summed E-state index contributed by atoms with van der Waals surface area (Å²) in [6, 6.07) is 0. The molecule has 0 unspecified atom stereocenters. The van der Waals surface area contributed by atoms with Crippen LogP contribution in [0, 0.1) is 0 Å². The van der Waals surface area contributed by atoms with Gasteiger partial charge in [0.1, 0.15) is 12.7 Å². The van der Waals surface area contributed by atoms with Crippen LogP contribution in [0.1, 0.15) is 25.7 Å². The highest BCUT2D eigenvalue weighted by Gasteiger charge is 2.12. The molecule has 0 radical (unpaired) electrons. The van der Waals surface area contributed by atoms with Crippen LogP contribution in [-0.2, 0) is 0 Å². The largest absolute Gasteiger partial charge is 0.322 e. The van der Waals surface area contributed by atoms with Gasteiger partial charge in [-0.15, -0.1) is 0 Å². The van der Waals surface area contributed by atoms with E-state index in [1.54, 1.807) is 0 Å². The van der Waals surface area contributed by atoms with Crippen LogP contribution in [0.3, 0.4) is 0 Å². The lowest BCUT2D eigenvalue weighted by Gasteiger charge is -2.14. The van der Waals surface area contributed by atoms with Gasteiger partial charge < -0.3 is 11.7 Å². The summed E-state index contributed by atoms with van der Waals surface area (Å²) in [5.74, 6) is 9.84. The summed E-state index contributed by atoms with van der Waals surface area (Å²) < 4.78 is 0. The molecule has 88 valence electrons. The summed E-state index contributed by atoms with van der Waals surface area (Å²) in [5.41, 5.74) is 7.48. The Morgan fingerprint density at radius 3 is 1.50 bits per heavy atom. The molecular weight excluding hydrogens is 208 g/mol. The SMILES string of the molecule is NN=CNN=C1CCC(=NNC=NN)CC1. The number of hydrazone groups is 4. The van der Waals surface area contributed by atoms with Crippen LogP contribution in [0.15, 0.2) is 20.4 Å². The van der Waals surface area contributed by atoms with E-state index in [0.29, 0.717) is 0 Å². The molecule has 0 saturated heterocycles. The maximum atomic E-state index is 4.92. The Kier molecular flexibility index (Phi) is 5.38. The van der Waals surface area contributed by atoms with Gasteiger partial charge in [-0.3, -0.25) is 10.9 Å². The molecule has 0 atom stereocenters. The van der Waals surface area contributed by atoms with Gasteiger partial charge in [0.25, 0.3) is 0 Å². The maximum absolute atomic E-state index is 4.92. The minimum atomic E-state index is 0.881. The average molecular weight is 224 g/mol. The van der Waals surface area contributed by atoms with Gasteiger partial charge >= 0.3 is 0 Å². The molecule has 0 aromatic rings. The first-order valence-corrected chi connectivity index (χ1v) is 4.92. The lowest BCUT2D eigenvalue weighted by atomic mass is 9.97. The molecule has 0 spiro atoms. The summed E-state index contributed by atoms with van der Waals surface area (Å²) >= 11 is 0. The fraction of sp³-hybridized carbons (Fsp3) is 0.500. The van der Waals surface area contributed by atoms with Gasteiger partial charge in [0.2, 0.25) is 0 Å². The van der Waals surface area contributed by atoms with E-state index >= 15 is 0 Å². The molecule has 1 fully saturated rings. The summed E-state index contributed by atoms with van der Waals surface area (Å²) in [6.45, 7) is 0. The first-order chi connectivity index (χ1) is 7.86. The third kappa shape index (κ3) is 4.40. The molecule has 0 aromatic carbocycles. The van der Waals surface area contributed by atoms with Gasteiger partial charge in [0, 0.05) is 11.4 Å².